The number of ether oxygens (including phenoxy) is 1. The van der Waals surface area contributed by atoms with Gasteiger partial charge >= 0.3 is 12.2 Å². The number of halogens is 6. The van der Waals surface area contributed by atoms with Crippen molar-refractivity contribution in [3.8, 4) is 23.2 Å². The molecule has 47 heavy (non-hydrogen) atoms. The number of nitrogens with two attached hydrogens (primary N) is 1. The van der Waals surface area contributed by atoms with Crippen molar-refractivity contribution in [1.29, 1.82) is 5.26 Å². The highest BCUT2D eigenvalue weighted by atomic mass is 32.1. The summed E-state index contributed by atoms with van der Waals surface area (Å²) in [5.74, 6) is -2.23. The average molecular weight is 677 g/mol. The Hall–Kier alpha value is -3.87. The van der Waals surface area contributed by atoms with E-state index in [1.54, 1.807) is 4.90 Å². The van der Waals surface area contributed by atoms with Crippen molar-refractivity contribution in [3.63, 3.8) is 0 Å². The second kappa shape index (κ2) is 11.7. The van der Waals surface area contributed by atoms with Crippen molar-refractivity contribution in [2.75, 3.05) is 43.4 Å². The summed E-state index contributed by atoms with van der Waals surface area (Å²) in [6.07, 6.45) is -3.43. The summed E-state index contributed by atoms with van der Waals surface area (Å²) in [6.45, 7) is 1.32. The minimum atomic E-state index is -5.10. The van der Waals surface area contributed by atoms with Gasteiger partial charge in [-0.1, -0.05) is 6.07 Å². The molecule has 2 aromatic carbocycles. The van der Waals surface area contributed by atoms with Gasteiger partial charge in [0.2, 0.25) is 0 Å². The third-order valence-electron chi connectivity index (χ3n) is 9.57. The summed E-state index contributed by atoms with van der Waals surface area (Å²) in [7, 11) is 0. The van der Waals surface area contributed by atoms with E-state index in [4.69, 9.17) is 10.5 Å². The zero-order valence-electron chi connectivity index (χ0n) is 25.0. The topological polar surface area (TPSA) is 112 Å². The number of nitriles is 1. The highest BCUT2D eigenvalue weighted by molar-refractivity contribution is 7.23. The largest absolute Gasteiger partial charge is 0.461 e. The molecule has 0 saturated carbocycles. The Labute approximate surface area is 269 Å². The molecule has 3 aliphatic heterocycles. The first-order valence-corrected chi connectivity index (χ1v) is 16.2. The summed E-state index contributed by atoms with van der Waals surface area (Å²) in [6, 6.07) is 4.17. The average Bonchev–Trinajstić information content (AvgIpc) is 3.60. The molecule has 3 N–H and O–H groups in total. The first kappa shape index (κ1) is 31.7. The van der Waals surface area contributed by atoms with Gasteiger partial charge < -0.3 is 20.5 Å². The normalized spacial score (nSPS) is 23.7. The molecular formula is C32H30F6N6O2S. The lowest BCUT2D eigenvalue weighted by Crippen LogP contribution is -2.43. The summed E-state index contributed by atoms with van der Waals surface area (Å²) in [5.41, 5.74) is 1.91. The standard InChI is InChI=1S/C32H30F6N6O2S/c33-16-11-31(7-3-9-44(31)13-16)15-46-30-41-26-19(29(42-30)43-8-2-1-4-17(45)14-43)10-21(32(36,37)38)24(25(26)35)18-5-6-22(34)27-23(18)20(12-39)28(40)47-27/h5-6,10,16-17,45H,1-4,7-9,11,13-15,40H2. The molecule has 7 rings (SSSR count). The van der Waals surface area contributed by atoms with Gasteiger partial charge in [-0.05, 0) is 56.3 Å². The lowest BCUT2D eigenvalue weighted by Gasteiger charge is -2.31. The number of β-amino-alcohol motifs (C(OH)–C–C–N with tert-alkyl or cyclic N) is 1. The minimum absolute atomic E-state index is 0.00556. The number of hydrogen-bond donors (Lipinski definition) is 2. The van der Waals surface area contributed by atoms with Crippen LogP contribution in [0.25, 0.3) is 32.1 Å². The smallest absolute Gasteiger partial charge is 0.417 e. The number of nitrogens with zero attached hydrogens (tertiary/aromatic N) is 5. The Balaban J connectivity index is 1.46. The number of aromatic nitrogens is 2. The summed E-state index contributed by atoms with van der Waals surface area (Å²) >= 11 is 0.683. The fourth-order valence-corrected chi connectivity index (χ4v) is 8.40. The van der Waals surface area contributed by atoms with E-state index in [1.165, 1.54) is 0 Å². The van der Waals surface area contributed by atoms with Crippen molar-refractivity contribution >= 4 is 43.1 Å². The molecule has 3 saturated heterocycles. The SMILES string of the molecule is N#Cc1c(N)sc2c(F)ccc(-c3c(C(F)(F)F)cc4c(N5CCCCC(O)C5)nc(OCC56CCCN5CC(F)C6)nc4c3F)c12. The van der Waals surface area contributed by atoms with Crippen LogP contribution >= 0.6 is 11.3 Å². The maximum Gasteiger partial charge on any atom is 0.417 e. The van der Waals surface area contributed by atoms with Crippen molar-refractivity contribution < 1.29 is 36.2 Å². The summed E-state index contributed by atoms with van der Waals surface area (Å²) < 4.78 is 96.6. The van der Waals surface area contributed by atoms with Crippen LogP contribution in [0.5, 0.6) is 6.01 Å². The zero-order valence-corrected chi connectivity index (χ0v) is 25.8. The van der Waals surface area contributed by atoms with Gasteiger partial charge in [0.15, 0.2) is 5.82 Å². The number of benzene rings is 2. The predicted molar refractivity (Wildman–Crippen MR) is 165 cm³/mol. The number of anilines is 2. The number of hydrogen-bond acceptors (Lipinski definition) is 9. The number of aliphatic hydroxyl groups is 1. The molecule has 248 valence electrons. The van der Waals surface area contributed by atoms with E-state index in [1.807, 2.05) is 11.0 Å². The lowest BCUT2D eigenvalue weighted by molar-refractivity contribution is -0.137. The third-order valence-corrected chi connectivity index (χ3v) is 10.6. The first-order chi connectivity index (χ1) is 22.4. The number of fused-ring (bicyclic) bond motifs is 3. The van der Waals surface area contributed by atoms with Crippen LogP contribution in [0.4, 0.5) is 37.2 Å². The van der Waals surface area contributed by atoms with Crippen LogP contribution in [-0.4, -0.2) is 70.6 Å². The molecule has 0 spiro atoms. The van der Waals surface area contributed by atoms with Gasteiger partial charge in [0.1, 0.15) is 41.0 Å². The Morgan fingerprint density at radius 2 is 1.96 bits per heavy atom. The van der Waals surface area contributed by atoms with Gasteiger partial charge in [-0.2, -0.15) is 28.4 Å². The van der Waals surface area contributed by atoms with Crippen molar-refractivity contribution in [2.45, 2.75) is 62.5 Å². The summed E-state index contributed by atoms with van der Waals surface area (Å²) in [5, 5.41) is 19.7. The van der Waals surface area contributed by atoms with Gasteiger partial charge in [0, 0.05) is 42.4 Å². The quantitative estimate of drug-likeness (QED) is 0.229. The maximum absolute atomic E-state index is 16.9. The van der Waals surface area contributed by atoms with E-state index in [0.717, 1.165) is 24.6 Å². The monoisotopic (exact) mass is 676 g/mol. The Bertz CT molecular complexity index is 1930. The minimum Gasteiger partial charge on any atom is -0.461 e. The van der Waals surface area contributed by atoms with Gasteiger partial charge in [0.25, 0.3) is 0 Å². The van der Waals surface area contributed by atoms with Crippen molar-refractivity contribution in [2.24, 2.45) is 0 Å². The Kier molecular flexibility index (Phi) is 7.88. The number of alkyl halides is 4. The molecule has 15 heteroatoms. The number of aliphatic hydroxyl groups excluding tert-OH is 1. The molecule has 3 fully saturated rings. The van der Waals surface area contributed by atoms with Gasteiger partial charge in [-0.3, -0.25) is 4.90 Å². The fourth-order valence-electron chi connectivity index (χ4n) is 7.45. The van der Waals surface area contributed by atoms with E-state index in [2.05, 4.69) is 9.97 Å². The second-order valence-corrected chi connectivity index (χ2v) is 13.6. The van der Waals surface area contributed by atoms with Crippen LogP contribution in [0.15, 0.2) is 18.2 Å². The zero-order chi connectivity index (χ0) is 33.2. The van der Waals surface area contributed by atoms with Gasteiger partial charge in [0.05, 0.1) is 27.5 Å². The van der Waals surface area contributed by atoms with E-state index in [-0.39, 0.29) is 69.5 Å². The number of rotatable bonds is 5. The van der Waals surface area contributed by atoms with Crippen molar-refractivity contribution in [1.82, 2.24) is 14.9 Å². The fraction of sp³-hybridized carbons (Fsp3) is 0.469. The van der Waals surface area contributed by atoms with E-state index in [0.29, 0.717) is 50.1 Å². The van der Waals surface area contributed by atoms with Crippen LogP contribution in [0.1, 0.15) is 49.7 Å². The second-order valence-electron chi connectivity index (χ2n) is 12.5. The molecule has 0 radical (unpaired) electrons. The first-order valence-electron chi connectivity index (χ1n) is 15.4. The highest BCUT2D eigenvalue weighted by Gasteiger charge is 2.49. The Morgan fingerprint density at radius 3 is 2.72 bits per heavy atom. The third kappa shape index (κ3) is 5.40. The molecule has 0 amide bonds. The summed E-state index contributed by atoms with van der Waals surface area (Å²) in [4.78, 5) is 12.4. The molecule has 3 atom stereocenters. The molecular weight excluding hydrogens is 646 g/mol. The molecule has 2 aromatic heterocycles. The molecule has 3 unspecified atom stereocenters. The molecule has 0 aliphatic carbocycles. The van der Waals surface area contributed by atoms with Crippen molar-refractivity contribution in [3.05, 3.63) is 41.0 Å². The molecule has 5 heterocycles. The predicted octanol–water partition coefficient (Wildman–Crippen LogP) is 6.57. The maximum atomic E-state index is 16.9. The van der Waals surface area contributed by atoms with Crippen LogP contribution in [0, 0.1) is 23.0 Å². The van der Waals surface area contributed by atoms with Gasteiger partial charge in [-0.15, -0.1) is 11.3 Å². The van der Waals surface area contributed by atoms with E-state index < -0.39 is 52.3 Å². The van der Waals surface area contributed by atoms with Crippen LogP contribution < -0.4 is 15.4 Å². The van der Waals surface area contributed by atoms with Crippen LogP contribution in [0.2, 0.25) is 0 Å². The molecule has 8 nitrogen and oxygen atoms in total. The van der Waals surface area contributed by atoms with Gasteiger partial charge in [-0.25, -0.2) is 13.2 Å². The van der Waals surface area contributed by atoms with Crippen LogP contribution in [-0.2, 0) is 6.18 Å². The Morgan fingerprint density at radius 1 is 1.15 bits per heavy atom. The molecule has 4 aromatic rings. The number of nitrogen functional groups attached to an aromatic ring is 1. The lowest BCUT2D eigenvalue weighted by atomic mass is 9.92. The molecule has 3 aliphatic rings. The molecule has 0 bridgehead atoms. The number of thiophene rings is 1. The van der Waals surface area contributed by atoms with Crippen LogP contribution in [0.3, 0.4) is 0 Å². The van der Waals surface area contributed by atoms with E-state index >= 15 is 4.39 Å². The highest BCUT2D eigenvalue weighted by Crippen LogP contribution is 2.48. The van der Waals surface area contributed by atoms with E-state index in [9.17, 15) is 32.3 Å².